The van der Waals surface area contributed by atoms with E-state index in [2.05, 4.69) is 0 Å². The van der Waals surface area contributed by atoms with Crippen LogP contribution in [0.5, 0.6) is 0 Å². The molecule has 0 radical (unpaired) electrons. The third-order valence-corrected chi connectivity index (χ3v) is 5.67. The van der Waals surface area contributed by atoms with E-state index in [1.54, 1.807) is 25.1 Å². The Hall–Kier alpha value is -3.11. The van der Waals surface area contributed by atoms with Gasteiger partial charge in [-0.15, -0.1) is 0 Å². The Labute approximate surface area is 151 Å². The summed E-state index contributed by atoms with van der Waals surface area (Å²) in [6.07, 6.45) is 0. The van der Waals surface area contributed by atoms with Crippen LogP contribution < -0.4 is 0 Å². The molecule has 3 aromatic rings. The van der Waals surface area contributed by atoms with Gasteiger partial charge in [-0.25, -0.2) is 17.2 Å². The lowest BCUT2D eigenvalue weighted by molar-refractivity contribution is 0.0518. The van der Waals surface area contributed by atoms with Crippen molar-refractivity contribution in [2.24, 2.45) is 0 Å². The zero-order valence-corrected chi connectivity index (χ0v) is 15.1. The Kier molecular flexibility index (Phi) is 4.53. The Bertz CT molecular complexity index is 1140. The molecule has 1 heterocycles. The lowest BCUT2D eigenvalue weighted by Crippen LogP contribution is -2.19. The summed E-state index contributed by atoms with van der Waals surface area (Å²) in [5.41, 5.74) is 1.51. The van der Waals surface area contributed by atoms with Gasteiger partial charge in [-0.3, -0.25) is 0 Å². The average Bonchev–Trinajstić information content (AvgIpc) is 3.01. The highest BCUT2D eigenvalue weighted by Crippen LogP contribution is 2.27. The van der Waals surface area contributed by atoms with Crippen LogP contribution in [-0.4, -0.2) is 25.0 Å². The van der Waals surface area contributed by atoms with E-state index in [1.807, 2.05) is 13.0 Å². The minimum atomic E-state index is -4.02. The fourth-order valence-corrected chi connectivity index (χ4v) is 4.18. The van der Waals surface area contributed by atoms with Crippen molar-refractivity contribution in [2.45, 2.75) is 18.7 Å². The summed E-state index contributed by atoms with van der Waals surface area (Å²) >= 11 is 0. The van der Waals surface area contributed by atoms with Crippen LogP contribution in [0.3, 0.4) is 0 Å². The maximum absolute atomic E-state index is 13.2. The van der Waals surface area contributed by atoms with Crippen molar-refractivity contribution < 1.29 is 17.9 Å². The molecule has 0 aliphatic rings. The summed E-state index contributed by atoms with van der Waals surface area (Å²) in [5, 5.41) is 9.54. The zero-order valence-electron chi connectivity index (χ0n) is 14.3. The smallest absolute Gasteiger partial charge is 0.356 e. The number of carbonyl (C=O) groups excluding carboxylic acids is 1. The molecule has 0 saturated heterocycles. The highest BCUT2D eigenvalue weighted by atomic mass is 32.2. The molecule has 0 bridgehead atoms. The molecule has 132 valence electrons. The van der Waals surface area contributed by atoms with Crippen LogP contribution in [-0.2, 0) is 14.8 Å². The standard InChI is InChI=1S/C19H16N2O4S/c1-3-25-19(22)18-11-15-10-14(12-20)6-9-17(15)21(18)26(23,24)16-7-4-13(2)5-8-16/h4-11H,3H2,1-2H3. The Morgan fingerprint density at radius 1 is 1.15 bits per heavy atom. The second kappa shape index (κ2) is 6.65. The number of carbonyl (C=O) groups is 1. The van der Waals surface area contributed by atoms with Gasteiger partial charge in [-0.1, -0.05) is 17.7 Å². The number of nitriles is 1. The van der Waals surface area contributed by atoms with Gasteiger partial charge in [0.15, 0.2) is 0 Å². The molecule has 2 aromatic carbocycles. The normalized spacial score (nSPS) is 11.3. The molecule has 0 aliphatic carbocycles. The molecular formula is C19H16N2O4S. The first-order valence-electron chi connectivity index (χ1n) is 7.93. The van der Waals surface area contributed by atoms with Crippen LogP contribution in [0, 0.1) is 18.3 Å². The third-order valence-electron chi connectivity index (χ3n) is 3.93. The molecular weight excluding hydrogens is 352 g/mol. The maximum Gasteiger partial charge on any atom is 0.356 e. The average molecular weight is 368 g/mol. The van der Waals surface area contributed by atoms with Crippen LogP contribution in [0.1, 0.15) is 28.5 Å². The zero-order chi connectivity index (χ0) is 18.9. The monoisotopic (exact) mass is 368 g/mol. The van der Waals surface area contributed by atoms with Crippen LogP contribution in [0.25, 0.3) is 10.9 Å². The van der Waals surface area contributed by atoms with Crippen molar-refractivity contribution in [3.63, 3.8) is 0 Å². The molecule has 0 N–H and O–H groups in total. The number of rotatable bonds is 4. The molecule has 0 amide bonds. The van der Waals surface area contributed by atoms with Crippen molar-refractivity contribution in [3.8, 4) is 6.07 Å². The summed E-state index contributed by atoms with van der Waals surface area (Å²) in [7, 11) is -4.02. The van der Waals surface area contributed by atoms with Crippen molar-refractivity contribution in [1.29, 1.82) is 5.26 Å². The quantitative estimate of drug-likeness (QED) is 0.660. The van der Waals surface area contributed by atoms with Crippen molar-refractivity contribution in [3.05, 3.63) is 65.4 Å². The Morgan fingerprint density at radius 3 is 2.46 bits per heavy atom. The molecule has 0 spiro atoms. The molecule has 0 atom stereocenters. The van der Waals surface area contributed by atoms with E-state index in [4.69, 9.17) is 10.00 Å². The minimum absolute atomic E-state index is 0.0653. The molecule has 0 aliphatic heterocycles. The molecule has 0 unspecified atom stereocenters. The van der Waals surface area contributed by atoms with Gasteiger partial charge in [-0.05, 0) is 50.2 Å². The van der Waals surface area contributed by atoms with Gasteiger partial charge in [0.05, 0.1) is 28.7 Å². The van der Waals surface area contributed by atoms with E-state index in [0.717, 1.165) is 9.54 Å². The van der Waals surface area contributed by atoms with Gasteiger partial charge < -0.3 is 4.74 Å². The number of hydrogen-bond donors (Lipinski definition) is 0. The summed E-state index contributed by atoms with van der Waals surface area (Å²) in [4.78, 5) is 12.4. The highest BCUT2D eigenvalue weighted by Gasteiger charge is 2.27. The molecule has 3 rings (SSSR count). The first-order chi connectivity index (χ1) is 12.4. The highest BCUT2D eigenvalue weighted by molar-refractivity contribution is 7.90. The predicted octanol–water partition coefficient (Wildman–Crippen LogP) is 3.24. The van der Waals surface area contributed by atoms with E-state index in [9.17, 15) is 13.2 Å². The molecule has 26 heavy (non-hydrogen) atoms. The van der Waals surface area contributed by atoms with Gasteiger partial charge in [0.1, 0.15) is 5.69 Å². The summed E-state index contributed by atoms with van der Waals surface area (Å²) in [6.45, 7) is 3.62. The van der Waals surface area contributed by atoms with Gasteiger partial charge in [0, 0.05) is 5.39 Å². The van der Waals surface area contributed by atoms with E-state index in [-0.39, 0.29) is 17.2 Å². The number of ether oxygens (including phenoxy) is 1. The van der Waals surface area contributed by atoms with Gasteiger partial charge in [-0.2, -0.15) is 5.26 Å². The summed E-state index contributed by atoms with van der Waals surface area (Å²) in [5.74, 6) is -0.738. The van der Waals surface area contributed by atoms with Crippen LogP contribution in [0.4, 0.5) is 0 Å². The fraction of sp³-hybridized carbons (Fsp3) is 0.158. The second-order valence-corrected chi connectivity index (χ2v) is 7.50. The van der Waals surface area contributed by atoms with Crippen molar-refractivity contribution in [1.82, 2.24) is 3.97 Å². The lowest BCUT2D eigenvalue weighted by Gasteiger charge is -2.11. The van der Waals surface area contributed by atoms with Crippen LogP contribution in [0.2, 0.25) is 0 Å². The van der Waals surface area contributed by atoms with Gasteiger partial charge >= 0.3 is 5.97 Å². The Morgan fingerprint density at radius 2 is 1.85 bits per heavy atom. The van der Waals surface area contributed by atoms with Crippen LogP contribution in [0.15, 0.2) is 53.4 Å². The number of hydrogen-bond acceptors (Lipinski definition) is 5. The van der Waals surface area contributed by atoms with Crippen molar-refractivity contribution in [2.75, 3.05) is 6.61 Å². The number of aromatic nitrogens is 1. The molecule has 7 heteroatoms. The van der Waals surface area contributed by atoms with Gasteiger partial charge in [0.2, 0.25) is 0 Å². The largest absolute Gasteiger partial charge is 0.461 e. The molecule has 6 nitrogen and oxygen atoms in total. The van der Waals surface area contributed by atoms with E-state index in [0.29, 0.717) is 16.5 Å². The summed E-state index contributed by atoms with van der Waals surface area (Å²) < 4.78 is 32.4. The molecule has 0 fully saturated rings. The number of aryl methyl sites for hydroxylation is 1. The SMILES string of the molecule is CCOC(=O)c1cc2cc(C#N)ccc2n1S(=O)(=O)c1ccc(C)cc1. The first kappa shape index (κ1) is 17.7. The number of esters is 1. The molecule has 1 aromatic heterocycles. The fourth-order valence-electron chi connectivity index (χ4n) is 2.68. The van der Waals surface area contributed by atoms with Crippen LogP contribution >= 0.6 is 0 Å². The maximum atomic E-state index is 13.2. The van der Waals surface area contributed by atoms with E-state index < -0.39 is 16.0 Å². The van der Waals surface area contributed by atoms with Gasteiger partial charge in [0.25, 0.3) is 10.0 Å². The molecule has 0 saturated carbocycles. The number of benzene rings is 2. The summed E-state index contributed by atoms with van der Waals surface area (Å²) in [6, 6.07) is 14.4. The lowest BCUT2D eigenvalue weighted by atomic mass is 10.2. The van der Waals surface area contributed by atoms with E-state index >= 15 is 0 Å². The number of nitrogens with zero attached hydrogens (tertiary/aromatic N) is 2. The predicted molar refractivity (Wildman–Crippen MR) is 96.4 cm³/mol. The Balaban J connectivity index is 2.32. The minimum Gasteiger partial charge on any atom is -0.461 e. The second-order valence-electron chi connectivity index (χ2n) is 5.72. The number of fused-ring (bicyclic) bond motifs is 1. The third kappa shape index (κ3) is 2.95. The first-order valence-corrected chi connectivity index (χ1v) is 9.37. The van der Waals surface area contributed by atoms with Crippen molar-refractivity contribution >= 4 is 26.9 Å². The van der Waals surface area contributed by atoms with E-state index in [1.165, 1.54) is 30.3 Å². The topological polar surface area (TPSA) is 89.2 Å².